The Bertz CT molecular complexity index is 574. The highest BCUT2D eigenvalue weighted by Crippen LogP contribution is 2.19. The second-order valence-corrected chi connectivity index (χ2v) is 4.39. The number of carbonyl (C=O) groups excluding carboxylic acids is 3. The Morgan fingerprint density at radius 2 is 2.15 bits per heavy atom. The molecule has 1 aromatic rings. The maximum Gasteiger partial charge on any atom is 0.254 e. The zero-order valence-electron chi connectivity index (χ0n) is 10.8. The molecule has 0 spiro atoms. The van der Waals surface area contributed by atoms with Crippen LogP contribution in [0.15, 0.2) is 18.2 Å². The van der Waals surface area contributed by atoms with Crippen LogP contribution < -0.4 is 16.0 Å². The van der Waals surface area contributed by atoms with Gasteiger partial charge in [0.1, 0.15) is 11.9 Å². The maximum atomic E-state index is 13.6. The van der Waals surface area contributed by atoms with Crippen molar-refractivity contribution < 1.29 is 18.8 Å². The predicted octanol–water partition coefficient (Wildman–Crippen LogP) is 0.402. The van der Waals surface area contributed by atoms with Crippen LogP contribution in [-0.2, 0) is 9.59 Å². The van der Waals surface area contributed by atoms with E-state index in [4.69, 9.17) is 0 Å². The molecule has 0 saturated carbocycles. The maximum absolute atomic E-state index is 13.6. The summed E-state index contributed by atoms with van der Waals surface area (Å²) in [5, 5.41) is 7.25. The van der Waals surface area contributed by atoms with Gasteiger partial charge in [0, 0.05) is 13.5 Å². The third-order valence-electron chi connectivity index (χ3n) is 3.05. The van der Waals surface area contributed by atoms with E-state index in [1.807, 2.05) is 0 Å². The number of para-hydroxylation sites is 1. The van der Waals surface area contributed by atoms with Crippen molar-refractivity contribution in [2.24, 2.45) is 0 Å². The number of rotatable bonds is 3. The Labute approximate surface area is 114 Å². The Morgan fingerprint density at radius 3 is 2.80 bits per heavy atom. The van der Waals surface area contributed by atoms with Crippen LogP contribution in [0, 0.1) is 5.82 Å². The highest BCUT2D eigenvalue weighted by Gasteiger charge is 2.28. The fraction of sp³-hybridized carbons (Fsp3) is 0.308. The van der Waals surface area contributed by atoms with Gasteiger partial charge in [0.25, 0.3) is 5.91 Å². The molecule has 1 aromatic carbocycles. The van der Waals surface area contributed by atoms with Crippen LogP contribution in [0.5, 0.6) is 0 Å². The van der Waals surface area contributed by atoms with Crippen molar-refractivity contribution in [1.82, 2.24) is 10.6 Å². The summed E-state index contributed by atoms with van der Waals surface area (Å²) < 4.78 is 13.6. The van der Waals surface area contributed by atoms with Gasteiger partial charge in [-0.3, -0.25) is 19.7 Å². The van der Waals surface area contributed by atoms with Gasteiger partial charge < -0.3 is 10.6 Å². The molecule has 1 fully saturated rings. The molecule has 3 N–H and O–H groups in total. The van der Waals surface area contributed by atoms with Crippen LogP contribution in [0.4, 0.5) is 10.1 Å². The molecule has 7 heteroatoms. The van der Waals surface area contributed by atoms with Crippen molar-refractivity contribution in [2.75, 3.05) is 12.4 Å². The number of benzene rings is 1. The molecule has 0 aliphatic carbocycles. The van der Waals surface area contributed by atoms with Crippen LogP contribution >= 0.6 is 0 Å². The highest BCUT2D eigenvalue weighted by molar-refractivity contribution is 6.05. The fourth-order valence-corrected chi connectivity index (χ4v) is 2.03. The van der Waals surface area contributed by atoms with Crippen LogP contribution in [-0.4, -0.2) is 30.8 Å². The zero-order chi connectivity index (χ0) is 14.7. The number of amides is 3. The number of imide groups is 1. The van der Waals surface area contributed by atoms with E-state index in [9.17, 15) is 18.8 Å². The topological polar surface area (TPSA) is 87.3 Å². The molecule has 20 heavy (non-hydrogen) atoms. The molecule has 1 heterocycles. The zero-order valence-corrected chi connectivity index (χ0v) is 10.8. The Morgan fingerprint density at radius 1 is 1.40 bits per heavy atom. The lowest BCUT2D eigenvalue weighted by molar-refractivity contribution is -0.134. The first-order valence-electron chi connectivity index (χ1n) is 6.13. The number of halogens is 1. The lowest BCUT2D eigenvalue weighted by Gasteiger charge is -2.22. The van der Waals surface area contributed by atoms with Gasteiger partial charge in [-0.2, -0.15) is 0 Å². The summed E-state index contributed by atoms with van der Waals surface area (Å²) >= 11 is 0. The van der Waals surface area contributed by atoms with E-state index in [0.717, 1.165) is 0 Å². The summed E-state index contributed by atoms with van der Waals surface area (Å²) in [7, 11) is 1.50. The number of nitrogens with one attached hydrogen (secondary N) is 3. The first-order valence-corrected chi connectivity index (χ1v) is 6.13. The lowest BCUT2D eigenvalue weighted by Crippen LogP contribution is -2.52. The summed E-state index contributed by atoms with van der Waals surface area (Å²) in [6.45, 7) is 0. The smallest absolute Gasteiger partial charge is 0.254 e. The summed E-state index contributed by atoms with van der Waals surface area (Å²) in [6.07, 6.45) is 0.402. The minimum absolute atomic E-state index is 0.0669. The monoisotopic (exact) mass is 279 g/mol. The predicted molar refractivity (Wildman–Crippen MR) is 69.6 cm³/mol. The van der Waals surface area contributed by atoms with Crippen LogP contribution in [0.25, 0.3) is 0 Å². The first kappa shape index (κ1) is 14.0. The van der Waals surface area contributed by atoms with Gasteiger partial charge in [0.2, 0.25) is 11.8 Å². The van der Waals surface area contributed by atoms with Gasteiger partial charge in [0.15, 0.2) is 0 Å². The van der Waals surface area contributed by atoms with Crippen molar-refractivity contribution in [1.29, 1.82) is 0 Å². The summed E-state index contributed by atoms with van der Waals surface area (Å²) in [4.78, 5) is 34.7. The second kappa shape index (κ2) is 5.68. The summed E-state index contributed by atoms with van der Waals surface area (Å²) in [6, 6.07) is 3.31. The quantitative estimate of drug-likeness (QED) is 0.699. The van der Waals surface area contributed by atoms with Crippen molar-refractivity contribution in [3.05, 3.63) is 29.6 Å². The molecule has 3 amide bonds. The molecular formula is C13H14FN3O3. The molecule has 1 aliphatic rings. The number of anilines is 1. The Balaban J connectivity index is 2.15. The number of piperidine rings is 1. The van der Waals surface area contributed by atoms with Crippen LogP contribution in [0.3, 0.4) is 0 Å². The second-order valence-electron chi connectivity index (χ2n) is 4.39. The van der Waals surface area contributed by atoms with E-state index in [1.165, 1.54) is 25.2 Å². The Hall–Kier alpha value is -2.44. The van der Waals surface area contributed by atoms with Crippen LogP contribution in [0.2, 0.25) is 0 Å². The Kier molecular flexibility index (Phi) is 3.97. The van der Waals surface area contributed by atoms with Crippen molar-refractivity contribution >= 4 is 23.4 Å². The van der Waals surface area contributed by atoms with Crippen LogP contribution in [0.1, 0.15) is 23.2 Å². The van der Waals surface area contributed by atoms with E-state index >= 15 is 0 Å². The number of hydrogen-bond donors (Lipinski definition) is 3. The summed E-state index contributed by atoms with van der Waals surface area (Å²) in [5.41, 5.74) is 0.175. The highest BCUT2D eigenvalue weighted by atomic mass is 19.1. The molecule has 106 valence electrons. The van der Waals surface area contributed by atoms with Gasteiger partial charge in [-0.1, -0.05) is 6.07 Å². The number of hydrogen-bond acceptors (Lipinski definition) is 4. The molecule has 0 bridgehead atoms. The van der Waals surface area contributed by atoms with Crippen molar-refractivity contribution in [3.8, 4) is 0 Å². The molecule has 0 radical (unpaired) electrons. The van der Waals surface area contributed by atoms with Gasteiger partial charge >= 0.3 is 0 Å². The lowest BCUT2D eigenvalue weighted by atomic mass is 10.0. The minimum atomic E-state index is -0.784. The van der Waals surface area contributed by atoms with E-state index in [2.05, 4.69) is 16.0 Å². The summed E-state index contributed by atoms with van der Waals surface area (Å²) in [5.74, 6) is -2.02. The van der Waals surface area contributed by atoms with Gasteiger partial charge in [-0.15, -0.1) is 0 Å². The van der Waals surface area contributed by atoms with Crippen molar-refractivity contribution in [2.45, 2.75) is 18.9 Å². The van der Waals surface area contributed by atoms with Gasteiger partial charge in [0.05, 0.1) is 11.3 Å². The molecule has 1 aliphatic heterocycles. The first-order chi connectivity index (χ1) is 9.52. The largest absolute Gasteiger partial charge is 0.385 e. The average Bonchev–Trinajstić information content (AvgIpc) is 2.41. The third-order valence-corrected chi connectivity index (χ3v) is 3.05. The van der Waals surface area contributed by atoms with E-state index in [1.54, 1.807) is 0 Å². The molecule has 1 saturated heterocycles. The van der Waals surface area contributed by atoms with Crippen molar-refractivity contribution in [3.63, 3.8) is 0 Å². The molecule has 2 rings (SSSR count). The molecule has 6 nitrogen and oxygen atoms in total. The van der Waals surface area contributed by atoms with E-state index < -0.39 is 23.7 Å². The minimum Gasteiger partial charge on any atom is -0.385 e. The molecular weight excluding hydrogens is 265 g/mol. The van der Waals surface area contributed by atoms with Gasteiger partial charge in [-0.25, -0.2) is 4.39 Å². The standard InChI is InChI=1S/C13H14FN3O3/c1-15-11-7(3-2-4-8(11)14)12(19)16-9-5-6-10(18)17-13(9)20/h2-4,9,15H,5-6H2,1H3,(H,16,19)(H,17,18,20). The van der Waals surface area contributed by atoms with E-state index in [0.29, 0.717) is 0 Å². The fourth-order valence-electron chi connectivity index (χ4n) is 2.03. The third kappa shape index (κ3) is 2.76. The molecule has 0 aromatic heterocycles. The molecule has 1 unspecified atom stereocenters. The van der Waals surface area contributed by atoms with Gasteiger partial charge in [-0.05, 0) is 18.6 Å². The molecule has 1 atom stereocenters. The number of carbonyl (C=O) groups is 3. The SMILES string of the molecule is CNc1c(F)cccc1C(=O)NC1CCC(=O)NC1=O. The normalized spacial score (nSPS) is 18.4. The van der Waals surface area contributed by atoms with E-state index in [-0.39, 0.29) is 30.0 Å². The average molecular weight is 279 g/mol.